The molecule has 1 aliphatic rings. The predicted octanol–water partition coefficient (Wildman–Crippen LogP) is 1.04. The molecule has 1 atom stereocenters. The Morgan fingerprint density at radius 3 is 2.86 bits per heavy atom. The van der Waals surface area contributed by atoms with Crippen molar-refractivity contribution < 1.29 is 19.1 Å². The van der Waals surface area contributed by atoms with Crippen molar-refractivity contribution in [2.45, 2.75) is 6.10 Å². The Labute approximate surface area is 130 Å². The van der Waals surface area contributed by atoms with Crippen LogP contribution in [-0.2, 0) is 9.59 Å². The summed E-state index contributed by atoms with van der Waals surface area (Å²) in [6.07, 6.45) is 1.20. The third kappa shape index (κ3) is 3.34. The molecule has 1 aliphatic heterocycles. The van der Waals surface area contributed by atoms with E-state index in [1.165, 1.54) is 11.3 Å². The molecule has 1 aromatic carbocycles. The lowest BCUT2D eigenvalue weighted by Crippen LogP contribution is -2.44. The number of nitrogens with one attached hydrogen (secondary N) is 2. The number of hydrogen-bond donors (Lipinski definition) is 2. The van der Waals surface area contributed by atoms with Crippen LogP contribution >= 0.6 is 11.3 Å². The first-order chi connectivity index (χ1) is 10.7. The summed E-state index contributed by atoms with van der Waals surface area (Å²) in [5.74, 6) is -0.198. The smallest absolute Gasteiger partial charge is 0.315 e. The lowest BCUT2D eigenvalue weighted by atomic mass is 10.2. The Bertz CT molecular complexity index is 674. The highest BCUT2D eigenvalue weighted by atomic mass is 32.1. The van der Waals surface area contributed by atoms with Crippen molar-refractivity contribution in [3.05, 3.63) is 35.8 Å². The first-order valence-electron chi connectivity index (χ1n) is 6.59. The summed E-state index contributed by atoms with van der Waals surface area (Å²) in [7, 11) is 0. The van der Waals surface area contributed by atoms with E-state index in [0.29, 0.717) is 23.2 Å². The number of para-hydroxylation sites is 2. The number of amides is 2. The zero-order valence-corrected chi connectivity index (χ0v) is 12.3. The van der Waals surface area contributed by atoms with Crippen LogP contribution in [0.3, 0.4) is 0 Å². The third-order valence-corrected chi connectivity index (χ3v) is 3.61. The molecule has 0 spiro atoms. The molecule has 0 saturated heterocycles. The van der Waals surface area contributed by atoms with Crippen molar-refractivity contribution >= 4 is 28.3 Å². The van der Waals surface area contributed by atoms with Gasteiger partial charge in [-0.3, -0.25) is 14.9 Å². The largest absolute Gasteiger partial charge is 0.486 e. The number of aromatic nitrogens is 1. The second kappa shape index (κ2) is 6.44. The van der Waals surface area contributed by atoms with Crippen molar-refractivity contribution in [1.82, 2.24) is 10.3 Å². The Morgan fingerprint density at radius 2 is 2.09 bits per heavy atom. The van der Waals surface area contributed by atoms with Gasteiger partial charge in [0.1, 0.15) is 12.7 Å². The highest BCUT2D eigenvalue weighted by molar-refractivity contribution is 7.13. The van der Waals surface area contributed by atoms with E-state index in [1.54, 1.807) is 17.6 Å². The van der Waals surface area contributed by atoms with E-state index >= 15 is 0 Å². The van der Waals surface area contributed by atoms with Gasteiger partial charge >= 0.3 is 11.8 Å². The molecule has 1 unspecified atom stereocenters. The number of carbonyl (C=O) groups is 2. The van der Waals surface area contributed by atoms with Crippen LogP contribution in [0.1, 0.15) is 0 Å². The summed E-state index contributed by atoms with van der Waals surface area (Å²) in [5.41, 5.74) is 0. The van der Waals surface area contributed by atoms with Gasteiger partial charge in [0.25, 0.3) is 0 Å². The summed E-state index contributed by atoms with van der Waals surface area (Å²) in [5, 5.41) is 7.01. The Kier molecular flexibility index (Phi) is 4.19. The van der Waals surface area contributed by atoms with Crippen LogP contribution in [0.4, 0.5) is 5.13 Å². The van der Waals surface area contributed by atoms with E-state index in [0.717, 1.165) is 0 Å². The van der Waals surface area contributed by atoms with Gasteiger partial charge in [-0.25, -0.2) is 4.98 Å². The number of benzene rings is 1. The van der Waals surface area contributed by atoms with Crippen LogP contribution in [-0.4, -0.2) is 36.1 Å². The van der Waals surface area contributed by atoms with Gasteiger partial charge in [0, 0.05) is 11.6 Å². The maximum absolute atomic E-state index is 11.7. The van der Waals surface area contributed by atoms with Gasteiger partial charge in [0.2, 0.25) is 0 Å². The molecule has 1 aromatic heterocycles. The van der Waals surface area contributed by atoms with Crippen LogP contribution in [0.25, 0.3) is 0 Å². The monoisotopic (exact) mass is 319 g/mol. The minimum atomic E-state index is -0.757. The fourth-order valence-electron chi connectivity index (χ4n) is 1.89. The minimum absolute atomic E-state index is 0.179. The fourth-order valence-corrected chi connectivity index (χ4v) is 2.41. The number of nitrogens with zero attached hydrogens (tertiary/aromatic N) is 1. The quantitative estimate of drug-likeness (QED) is 0.825. The second-order valence-corrected chi connectivity index (χ2v) is 5.39. The van der Waals surface area contributed by atoms with Crippen molar-refractivity contribution in [2.24, 2.45) is 0 Å². The Balaban J connectivity index is 1.48. The van der Waals surface area contributed by atoms with Crippen molar-refractivity contribution in [1.29, 1.82) is 0 Å². The first-order valence-corrected chi connectivity index (χ1v) is 7.47. The average Bonchev–Trinajstić information content (AvgIpc) is 3.05. The van der Waals surface area contributed by atoms with Gasteiger partial charge in [-0.05, 0) is 12.1 Å². The number of hydrogen-bond acceptors (Lipinski definition) is 6. The molecule has 3 rings (SSSR count). The zero-order chi connectivity index (χ0) is 15.4. The van der Waals surface area contributed by atoms with E-state index in [1.807, 2.05) is 18.2 Å². The highest BCUT2D eigenvalue weighted by Crippen LogP contribution is 2.30. The number of rotatable bonds is 3. The molecule has 0 bridgehead atoms. The zero-order valence-electron chi connectivity index (χ0n) is 11.4. The minimum Gasteiger partial charge on any atom is -0.486 e. The number of fused-ring (bicyclic) bond motifs is 1. The van der Waals surface area contributed by atoms with Crippen LogP contribution in [0.2, 0.25) is 0 Å². The van der Waals surface area contributed by atoms with E-state index in [2.05, 4.69) is 15.6 Å². The molecule has 8 heteroatoms. The molecular formula is C14H13N3O4S. The number of thiazole rings is 1. The van der Waals surface area contributed by atoms with Gasteiger partial charge in [0.05, 0.1) is 6.54 Å². The lowest BCUT2D eigenvalue weighted by Gasteiger charge is -2.26. The molecule has 2 heterocycles. The molecule has 0 fully saturated rings. The van der Waals surface area contributed by atoms with Crippen LogP contribution in [0.15, 0.2) is 35.8 Å². The molecule has 2 amide bonds. The van der Waals surface area contributed by atoms with Gasteiger partial charge in [-0.2, -0.15) is 0 Å². The fraction of sp³-hybridized carbons (Fsp3) is 0.214. The second-order valence-electron chi connectivity index (χ2n) is 4.50. The van der Waals surface area contributed by atoms with E-state index in [4.69, 9.17) is 9.47 Å². The highest BCUT2D eigenvalue weighted by Gasteiger charge is 2.22. The lowest BCUT2D eigenvalue weighted by molar-refractivity contribution is -0.136. The van der Waals surface area contributed by atoms with Crippen LogP contribution in [0, 0.1) is 0 Å². The van der Waals surface area contributed by atoms with Crippen molar-refractivity contribution in [3.63, 3.8) is 0 Å². The van der Waals surface area contributed by atoms with Gasteiger partial charge in [-0.1, -0.05) is 12.1 Å². The molecule has 7 nitrogen and oxygen atoms in total. The molecule has 114 valence electrons. The van der Waals surface area contributed by atoms with Gasteiger partial charge < -0.3 is 14.8 Å². The SMILES string of the molecule is O=C(NCC1COc2ccccc2O1)C(=O)Nc1nccs1. The van der Waals surface area contributed by atoms with Crippen LogP contribution < -0.4 is 20.1 Å². The number of ether oxygens (including phenoxy) is 2. The predicted molar refractivity (Wildman–Crippen MR) is 80.1 cm³/mol. The van der Waals surface area contributed by atoms with E-state index in [9.17, 15) is 9.59 Å². The maximum atomic E-state index is 11.7. The van der Waals surface area contributed by atoms with Gasteiger partial charge in [0.15, 0.2) is 16.6 Å². The summed E-state index contributed by atoms with van der Waals surface area (Å²) in [6.45, 7) is 0.490. The van der Waals surface area contributed by atoms with Gasteiger partial charge in [-0.15, -0.1) is 11.3 Å². The molecule has 2 aromatic rings. The first kappa shape index (κ1) is 14.3. The Morgan fingerprint density at radius 1 is 1.27 bits per heavy atom. The van der Waals surface area contributed by atoms with E-state index < -0.39 is 11.8 Å². The molecule has 22 heavy (non-hydrogen) atoms. The molecular weight excluding hydrogens is 306 g/mol. The van der Waals surface area contributed by atoms with E-state index in [-0.39, 0.29) is 12.6 Å². The summed E-state index contributed by atoms with van der Waals surface area (Å²) >= 11 is 1.24. The number of anilines is 1. The summed E-state index contributed by atoms with van der Waals surface area (Å²) in [4.78, 5) is 27.2. The molecule has 0 radical (unpaired) electrons. The summed E-state index contributed by atoms with van der Waals surface area (Å²) in [6, 6.07) is 7.29. The summed E-state index contributed by atoms with van der Waals surface area (Å²) < 4.78 is 11.2. The third-order valence-electron chi connectivity index (χ3n) is 2.92. The number of carbonyl (C=O) groups excluding carboxylic acids is 2. The van der Waals surface area contributed by atoms with Crippen LogP contribution in [0.5, 0.6) is 11.5 Å². The Hall–Kier alpha value is -2.61. The standard InChI is InChI=1S/C14H13N3O4S/c18-12(13(19)17-14-15-5-6-22-14)16-7-9-8-20-10-3-1-2-4-11(10)21-9/h1-6,9H,7-8H2,(H,16,18)(H,15,17,19). The topological polar surface area (TPSA) is 89.5 Å². The molecule has 0 saturated carbocycles. The van der Waals surface area contributed by atoms with Crippen molar-refractivity contribution in [2.75, 3.05) is 18.5 Å². The molecule has 0 aliphatic carbocycles. The molecule has 2 N–H and O–H groups in total. The van der Waals surface area contributed by atoms with Crippen molar-refractivity contribution in [3.8, 4) is 11.5 Å². The maximum Gasteiger partial charge on any atom is 0.315 e. The average molecular weight is 319 g/mol. The normalized spacial score (nSPS) is 15.9.